The minimum Gasteiger partial charge on any atom is -0.392 e. The van der Waals surface area contributed by atoms with Crippen molar-refractivity contribution >= 4 is 16.7 Å². The number of anilines is 1. The van der Waals surface area contributed by atoms with Gasteiger partial charge in [0.15, 0.2) is 0 Å². The van der Waals surface area contributed by atoms with E-state index >= 15 is 0 Å². The maximum Gasteiger partial charge on any atom is 0.135 e. The molecule has 3 heteroatoms. The normalized spacial score (nSPS) is 18.4. The van der Waals surface area contributed by atoms with Gasteiger partial charge in [0.25, 0.3) is 0 Å². The van der Waals surface area contributed by atoms with E-state index in [2.05, 4.69) is 23.1 Å². The number of benzene rings is 1. The van der Waals surface area contributed by atoms with Crippen LogP contribution in [0.15, 0.2) is 30.3 Å². The van der Waals surface area contributed by atoms with Crippen LogP contribution in [0.3, 0.4) is 0 Å². The van der Waals surface area contributed by atoms with Crippen molar-refractivity contribution < 1.29 is 5.11 Å². The summed E-state index contributed by atoms with van der Waals surface area (Å²) < 4.78 is 0. The predicted octanol–water partition coefficient (Wildman–Crippen LogP) is 3.11. The minimum absolute atomic E-state index is 0.0705. The quantitative estimate of drug-likeness (QED) is 0.905. The van der Waals surface area contributed by atoms with E-state index in [4.69, 9.17) is 4.98 Å². The SMILES string of the molecule is OCc1cc2ccccc2nc1N(CC1CC1)C1CC1. The van der Waals surface area contributed by atoms with E-state index in [-0.39, 0.29) is 6.61 Å². The third kappa shape index (κ3) is 2.27. The smallest absolute Gasteiger partial charge is 0.135 e. The fourth-order valence-corrected chi connectivity index (χ4v) is 2.89. The van der Waals surface area contributed by atoms with Crippen LogP contribution in [0.2, 0.25) is 0 Å². The minimum atomic E-state index is 0.0705. The molecule has 0 atom stereocenters. The topological polar surface area (TPSA) is 36.4 Å². The Hall–Kier alpha value is -1.61. The number of fused-ring (bicyclic) bond motifs is 1. The largest absolute Gasteiger partial charge is 0.392 e. The fraction of sp³-hybridized carbons (Fsp3) is 0.471. The molecule has 0 radical (unpaired) electrons. The lowest BCUT2D eigenvalue weighted by molar-refractivity contribution is 0.281. The average molecular weight is 268 g/mol. The van der Waals surface area contributed by atoms with Crippen molar-refractivity contribution in [3.8, 4) is 0 Å². The molecule has 0 saturated heterocycles. The van der Waals surface area contributed by atoms with E-state index in [9.17, 15) is 5.11 Å². The lowest BCUT2D eigenvalue weighted by Crippen LogP contribution is -2.30. The van der Waals surface area contributed by atoms with Gasteiger partial charge in [0.1, 0.15) is 5.82 Å². The number of aliphatic hydroxyl groups is 1. The van der Waals surface area contributed by atoms with Crippen LogP contribution in [0, 0.1) is 5.92 Å². The molecule has 1 aromatic carbocycles. The summed E-state index contributed by atoms with van der Waals surface area (Å²) in [5, 5.41) is 10.8. The Morgan fingerprint density at radius 3 is 2.65 bits per heavy atom. The molecule has 1 aromatic heterocycles. The first-order chi connectivity index (χ1) is 9.85. The summed E-state index contributed by atoms with van der Waals surface area (Å²) in [6.07, 6.45) is 5.24. The second kappa shape index (κ2) is 4.74. The summed E-state index contributed by atoms with van der Waals surface area (Å²) >= 11 is 0. The summed E-state index contributed by atoms with van der Waals surface area (Å²) in [5.41, 5.74) is 2.00. The first-order valence-corrected chi connectivity index (χ1v) is 7.61. The first kappa shape index (κ1) is 12.2. The third-order valence-electron chi connectivity index (χ3n) is 4.36. The molecule has 20 heavy (non-hydrogen) atoms. The van der Waals surface area contributed by atoms with Gasteiger partial charge in [-0.05, 0) is 43.7 Å². The number of rotatable bonds is 5. The highest BCUT2D eigenvalue weighted by molar-refractivity contribution is 5.82. The van der Waals surface area contributed by atoms with E-state index in [0.717, 1.165) is 34.7 Å². The van der Waals surface area contributed by atoms with Gasteiger partial charge in [0.2, 0.25) is 0 Å². The van der Waals surface area contributed by atoms with Crippen LogP contribution in [0.5, 0.6) is 0 Å². The van der Waals surface area contributed by atoms with Crippen LogP contribution >= 0.6 is 0 Å². The molecule has 2 aromatic rings. The van der Waals surface area contributed by atoms with Gasteiger partial charge in [-0.15, -0.1) is 0 Å². The van der Waals surface area contributed by atoms with E-state index in [1.807, 2.05) is 12.1 Å². The Kier molecular flexibility index (Phi) is 2.88. The standard InChI is InChI=1S/C17H20N2O/c20-11-14-9-13-3-1-2-4-16(13)18-17(14)19(15-7-8-15)10-12-5-6-12/h1-4,9,12,15,20H,5-8,10-11H2. The summed E-state index contributed by atoms with van der Waals surface area (Å²) in [6, 6.07) is 10.9. The molecule has 0 aliphatic heterocycles. The lowest BCUT2D eigenvalue weighted by atomic mass is 10.1. The Morgan fingerprint density at radius 1 is 1.15 bits per heavy atom. The summed E-state index contributed by atoms with van der Waals surface area (Å²) in [4.78, 5) is 7.31. The summed E-state index contributed by atoms with van der Waals surface area (Å²) in [5.74, 6) is 1.86. The average Bonchev–Trinajstić information content (AvgIpc) is 3.37. The Labute approximate surface area is 119 Å². The van der Waals surface area contributed by atoms with Gasteiger partial charge in [-0.25, -0.2) is 4.98 Å². The van der Waals surface area contributed by atoms with Crippen molar-refractivity contribution in [3.63, 3.8) is 0 Å². The van der Waals surface area contributed by atoms with Gasteiger partial charge in [-0.1, -0.05) is 18.2 Å². The van der Waals surface area contributed by atoms with Crippen LogP contribution in [0.25, 0.3) is 10.9 Å². The van der Waals surface area contributed by atoms with Crippen molar-refractivity contribution in [2.75, 3.05) is 11.4 Å². The highest BCUT2D eigenvalue weighted by Crippen LogP contribution is 2.38. The summed E-state index contributed by atoms with van der Waals surface area (Å²) in [7, 11) is 0. The van der Waals surface area contributed by atoms with Crippen LogP contribution in [-0.2, 0) is 6.61 Å². The highest BCUT2D eigenvalue weighted by atomic mass is 16.3. The number of para-hydroxylation sites is 1. The van der Waals surface area contributed by atoms with Crippen molar-refractivity contribution in [2.24, 2.45) is 5.92 Å². The van der Waals surface area contributed by atoms with Crippen LogP contribution < -0.4 is 4.90 Å². The molecule has 2 fully saturated rings. The van der Waals surface area contributed by atoms with E-state index in [0.29, 0.717) is 6.04 Å². The van der Waals surface area contributed by atoms with Gasteiger partial charge >= 0.3 is 0 Å². The van der Waals surface area contributed by atoms with Gasteiger partial charge in [-0.2, -0.15) is 0 Å². The molecule has 1 heterocycles. The number of nitrogens with zero attached hydrogens (tertiary/aromatic N) is 2. The van der Waals surface area contributed by atoms with Gasteiger partial charge in [0.05, 0.1) is 12.1 Å². The second-order valence-corrected chi connectivity index (χ2v) is 6.15. The van der Waals surface area contributed by atoms with Crippen LogP contribution in [-0.4, -0.2) is 22.7 Å². The molecule has 0 bridgehead atoms. The molecule has 0 unspecified atom stereocenters. The molecule has 3 nitrogen and oxygen atoms in total. The van der Waals surface area contributed by atoms with Crippen LogP contribution in [0.4, 0.5) is 5.82 Å². The fourth-order valence-electron chi connectivity index (χ4n) is 2.89. The Balaban J connectivity index is 1.78. The maximum absolute atomic E-state index is 9.71. The molecule has 2 aliphatic rings. The molecule has 0 amide bonds. The number of hydrogen-bond acceptors (Lipinski definition) is 3. The van der Waals surface area contributed by atoms with Gasteiger partial charge in [0, 0.05) is 23.5 Å². The number of aliphatic hydroxyl groups excluding tert-OH is 1. The van der Waals surface area contributed by atoms with Gasteiger partial charge in [-0.3, -0.25) is 0 Å². The second-order valence-electron chi connectivity index (χ2n) is 6.15. The molecule has 4 rings (SSSR count). The molecule has 2 aliphatic carbocycles. The molecule has 104 valence electrons. The Morgan fingerprint density at radius 2 is 1.95 bits per heavy atom. The molecular formula is C17H20N2O. The predicted molar refractivity (Wildman–Crippen MR) is 80.8 cm³/mol. The monoisotopic (exact) mass is 268 g/mol. The van der Waals surface area contributed by atoms with Gasteiger partial charge < -0.3 is 10.0 Å². The lowest BCUT2D eigenvalue weighted by Gasteiger charge is -2.26. The van der Waals surface area contributed by atoms with Crippen molar-refractivity contribution in [1.82, 2.24) is 4.98 Å². The van der Waals surface area contributed by atoms with E-state index in [1.165, 1.54) is 25.7 Å². The first-order valence-electron chi connectivity index (χ1n) is 7.61. The molecular weight excluding hydrogens is 248 g/mol. The van der Waals surface area contributed by atoms with Crippen molar-refractivity contribution in [3.05, 3.63) is 35.9 Å². The summed E-state index contributed by atoms with van der Waals surface area (Å²) in [6.45, 7) is 1.18. The number of pyridine rings is 1. The molecule has 1 N–H and O–H groups in total. The van der Waals surface area contributed by atoms with Crippen LogP contribution in [0.1, 0.15) is 31.2 Å². The number of hydrogen-bond donors (Lipinski definition) is 1. The molecule has 0 spiro atoms. The maximum atomic E-state index is 9.71. The number of aromatic nitrogens is 1. The van der Waals surface area contributed by atoms with Crippen molar-refractivity contribution in [1.29, 1.82) is 0 Å². The zero-order valence-corrected chi connectivity index (χ0v) is 11.6. The third-order valence-corrected chi connectivity index (χ3v) is 4.36. The van der Waals surface area contributed by atoms with Crippen molar-refractivity contribution in [2.45, 2.75) is 38.3 Å². The highest BCUT2D eigenvalue weighted by Gasteiger charge is 2.35. The Bertz CT molecular complexity index is 632. The van der Waals surface area contributed by atoms with E-state index in [1.54, 1.807) is 0 Å². The molecule has 2 saturated carbocycles. The zero-order valence-electron chi connectivity index (χ0n) is 11.6. The zero-order chi connectivity index (χ0) is 13.5. The van der Waals surface area contributed by atoms with E-state index < -0.39 is 0 Å².